The molecule has 0 saturated heterocycles. The molecule has 0 bridgehead atoms. The van der Waals surface area contributed by atoms with Crippen LogP contribution in [0.3, 0.4) is 0 Å². The molecule has 0 radical (unpaired) electrons. The maximum absolute atomic E-state index is 9.95. The van der Waals surface area contributed by atoms with Crippen molar-refractivity contribution in [3.8, 4) is 0 Å². The number of halogens is 2. The van der Waals surface area contributed by atoms with E-state index in [0.29, 0.717) is 5.92 Å². The Balaban J connectivity index is 0. The highest BCUT2D eigenvalue weighted by atomic mass is 31.2. The average molecular weight is 188 g/mol. The monoisotopic (exact) mass is 188 g/mol. The molecule has 0 aromatic carbocycles. The average Bonchev–Trinajstić information content (AvgIpc) is 1.56. The van der Waals surface area contributed by atoms with Gasteiger partial charge < -0.3 is 10.00 Å². The van der Waals surface area contributed by atoms with Gasteiger partial charge in [0.2, 0.25) is 0 Å². The van der Waals surface area contributed by atoms with Crippen molar-refractivity contribution in [1.82, 2.24) is 0 Å². The van der Waals surface area contributed by atoms with E-state index in [1.807, 2.05) is 6.92 Å². The van der Waals surface area contributed by atoms with Crippen LogP contribution in [0.5, 0.6) is 0 Å². The molecule has 0 amide bonds. The van der Waals surface area contributed by atoms with Crippen molar-refractivity contribution in [3.05, 3.63) is 0 Å². The molecule has 0 aliphatic carbocycles. The lowest BCUT2D eigenvalue weighted by molar-refractivity contribution is 0.168. The molecule has 1 atom stereocenters. The maximum atomic E-state index is 9.95. The van der Waals surface area contributed by atoms with E-state index in [2.05, 4.69) is 13.8 Å². The number of hydrogen-bond acceptors (Lipinski definition) is 2. The van der Waals surface area contributed by atoms with Crippen molar-refractivity contribution in [3.63, 3.8) is 0 Å². The van der Waals surface area contributed by atoms with Crippen LogP contribution in [0.2, 0.25) is 0 Å². The normalized spacial score (nSPS) is 12.8. The van der Waals surface area contributed by atoms with E-state index in [4.69, 9.17) is 10.00 Å². The Labute approximate surface area is 67.3 Å². The predicted molar refractivity (Wildman–Crippen MR) is 42.5 cm³/mol. The minimum absolute atomic E-state index is 0.125. The zero-order valence-electron chi connectivity index (χ0n) is 6.96. The molecule has 0 spiro atoms. The highest BCUT2D eigenvalue weighted by Crippen LogP contribution is 2.31. The van der Waals surface area contributed by atoms with Gasteiger partial charge in [-0.15, -0.1) is 0 Å². The van der Waals surface area contributed by atoms with E-state index in [1.165, 1.54) is 0 Å². The topological polar surface area (TPSA) is 40.5 Å². The molecular weight excluding hydrogens is 173 g/mol. The summed E-state index contributed by atoms with van der Waals surface area (Å²) >= 11 is 0. The summed E-state index contributed by atoms with van der Waals surface area (Å²) in [7, 11) is -3.62. The Hall–Kier alpha value is 0.210. The van der Waals surface area contributed by atoms with E-state index < -0.39 is 8.77 Å². The standard InChI is InChI=1S/C6H14O.F2HOP/c1-5(2)4-6(3)7;1-4(2)3/h5-7H,4H2,1-3H3;3H. The second-order valence-electron chi connectivity index (χ2n) is 2.69. The molecule has 11 heavy (non-hydrogen) atoms. The van der Waals surface area contributed by atoms with Gasteiger partial charge in [-0.1, -0.05) is 13.8 Å². The lowest BCUT2D eigenvalue weighted by Crippen LogP contribution is -2.03. The Kier molecular flexibility index (Phi) is 10.4. The summed E-state index contributed by atoms with van der Waals surface area (Å²) in [5, 5.41) is 8.72. The minimum Gasteiger partial charge on any atom is -0.393 e. The summed E-state index contributed by atoms with van der Waals surface area (Å²) in [6.45, 7) is 6.03. The van der Waals surface area contributed by atoms with Crippen molar-refractivity contribution in [2.45, 2.75) is 33.3 Å². The molecule has 2 N–H and O–H groups in total. The van der Waals surface area contributed by atoms with Gasteiger partial charge in [-0.2, -0.15) is 8.39 Å². The molecule has 0 aliphatic heterocycles. The zero-order valence-corrected chi connectivity index (χ0v) is 7.85. The molecular formula is C6H15F2O2P. The van der Waals surface area contributed by atoms with Crippen LogP contribution in [0.1, 0.15) is 27.2 Å². The molecule has 0 aromatic heterocycles. The summed E-state index contributed by atoms with van der Waals surface area (Å²) in [6.07, 6.45) is 0.792. The number of aliphatic hydroxyl groups is 1. The van der Waals surface area contributed by atoms with Crippen LogP contribution in [0.15, 0.2) is 0 Å². The van der Waals surface area contributed by atoms with Gasteiger partial charge in [-0.25, -0.2) is 0 Å². The fourth-order valence-electron chi connectivity index (χ4n) is 0.682. The second kappa shape index (κ2) is 8.31. The molecule has 0 saturated carbocycles. The van der Waals surface area contributed by atoms with Crippen LogP contribution >= 0.6 is 8.77 Å². The van der Waals surface area contributed by atoms with Crippen LogP contribution in [-0.4, -0.2) is 16.1 Å². The van der Waals surface area contributed by atoms with E-state index >= 15 is 0 Å². The maximum Gasteiger partial charge on any atom is 0.412 e. The van der Waals surface area contributed by atoms with E-state index in [1.54, 1.807) is 0 Å². The summed E-state index contributed by atoms with van der Waals surface area (Å²) < 4.78 is 19.9. The first-order valence-electron chi connectivity index (χ1n) is 3.34. The predicted octanol–water partition coefficient (Wildman–Crippen LogP) is 2.56. The summed E-state index contributed by atoms with van der Waals surface area (Å²) in [5.74, 6) is 0.625. The van der Waals surface area contributed by atoms with Crippen molar-refractivity contribution >= 4 is 8.77 Å². The number of rotatable bonds is 2. The lowest BCUT2D eigenvalue weighted by atomic mass is 10.1. The van der Waals surface area contributed by atoms with Crippen LogP contribution in [0.4, 0.5) is 8.39 Å². The van der Waals surface area contributed by atoms with Gasteiger partial charge in [-0.05, 0) is 19.3 Å². The third kappa shape index (κ3) is 38.8. The first-order chi connectivity index (χ1) is 4.86. The first-order valence-corrected chi connectivity index (χ1v) is 4.42. The van der Waals surface area contributed by atoms with Gasteiger partial charge in [0, 0.05) is 0 Å². The van der Waals surface area contributed by atoms with Crippen LogP contribution in [0.25, 0.3) is 0 Å². The van der Waals surface area contributed by atoms with Crippen molar-refractivity contribution in [2.24, 2.45) is 5.92 Å². The van der Waals surface area contributed by atoms with Gasteiger partial charge in [0.05, 0.1) is 6.10 Å². The molecule has 0 aliphatic rings. The highest BCUT2D eigenvalue weighted by Gasteiger charge is 1.97. The van der Waals surface area contributed by atoms with E-state index in [-0.39, 0.29) is 6.10 Å². The molecule has 2 nitrogen and oxygen atoms in total. The zero-order chi connectivity index (χ0) is 9.44. The quantitative estimate of drug-likeness (QED) is 0.654. The Morgan fingerprint density at radius 1 is 1.27 bits per heavy atom. The van der Waals surface area contributed by atoms with Crippen molar-refractivity contribution in [2.75, 3.05) is 0 Å². The van der Waals surface area contributed by atoms with Gasteiger partial charge in [0.25, 0.3) is 0 Å². The molecule has 70 valence electrons. The van der Waals surface area contributed by atoms with Crippen LogP contribution in [-0.2, 0) is 0 Å². The largest absolute Gasteiger partial charge is 0.412 e. The van der Waals surface area contributed by atoms with Gasteiger partial charge in [0.1, 0.15) is 0 Å². The molecule has 0 aromatic rings. The SMILES string of the molecule is CC(C)CC(C)O.OP(F)F. The molecule has 0 fully saturated rings. The van der Waals surface area contributed by atoms with Gasteiger partial charge in [-0.3, -0.25) is 0 Å². The molecule has 0 heterocycles. The Morgan fingerprint density at radius 3 is 1.55 bits per heavy atom. The molecule has 1 unspecified atom stereocenters. The third-order valence-electron chi connectivity index (χ3n) is 0.813. The summed E-state index contributed by atoms with van der Waals surface area (Å²) in [4.78, 5) is 6.79. The van der Waals surface area contributed by atoms with E-state index in [0.717, 1.165) is 6.42 Å². The second-order valence-corrected chi connectivity index (χ2v) is 3.12. The fraction of sp³-hybridized carbons (Fsp3) is 1.00. The first kappa shape index (κ1) is 13.8. The Morgan fingerprint density at radius 2 is 1.55 bits per heavy atom. The fourth-order valence-corrected chi connectivity index (χ4v) is 0.682. The Bertz CT molecular complexity index is 70.2. The third-order valence-corrected chi connectivity index (χ3v) is 0.813. The van der Waals surface area contributed by atoms with Crippen LogP contribution < -0.4 is 0 Å². The summed E-state index contributed by atoms with van der Waals surface area (Å²) in [6, 6.07) is 0. The summed E-state index contributed by atoms with van der Waals surface area (Å²) in [5.41, 5.74) is 0. The highest BCUT2D eigenvalue weighted by molar-refractivity contribution is 7.39. The van der Waals surface area contributed by atoms with Crippen molar-refractivity contribution < 1.29 is 18.4 Å². The number of hydrogen-bond donors (Lipinski definition) is 2. The van der Waals surface area contributed by atoms with Crippen molar-refractivity contribution in [1.29, 1.82) is 0 Å². The number of aliphatic hydroxyl groups excluding tert-OH is 1. The molecule has 5 heteroatoms. The van der Waals surface area contributed by atoms with Crippen LogP contribution in [0, 0.1) is 5.92 Å². The lowest BCUT2D eigenvalue weighted by Gasteiger charge is -2.04. The van der Waals surface area contributed by atoms with Gasteiger partial charge in [0.15, 0.2) is 0 Å². The van der Waals surface area contributed by atoms with E-state index in [9.17, 15) is 8.39 Å². The smallest absolute Gasteiger partial charge is 0.393 e. The molecule has 0 rings (SSSR count). The van der Waals surface area contributed by atoms with Gasteiger partial charge >= 0.3 is 8.77 Å². The minimum atomic E-state index is -3.62.